The summed E-state index contributed by atoms with van der Waals surface area (Å²) in [5.74, 6) is -2.70. The van der Waals surface area contributed by atoms with E-state index in [0.29, 0.717) is 16.3 Å². The highest BCUT2D eigenvalue weighted by Gasteiger charge is 2.28. The van der Waals surface area contributed by atoms with Gasteiger partial charge in [0.05, 0.1) is 5.69 Å². The molecule has 112 valence electrons. The Morgan fingerprint density at radius 1 is 1.09 bits per heavy atom. The third-order valence-corrected chi connectivity index (χ3v) is 3.76. The first kappa shape index (κ1) is 14.7. The Morgan fingerprint density at radius 2 is 1.86 bits per heavy atom. The van der Waals surface area contributed by atoms with E-state index in [9.17, 15) is 18.4 Å². The van der Waals surface area contributed by atoms with Gasteiger partial charge in [-0.1, -0.05) is 11.6 Å². The van der Waals surface area contributed by atoms with Crippen molar-refractivity contribution in [1.82, 2.24) is 0 Å². The fourth-order valence-electron chi connectivity index (χ4n) is 2.43. The van der Waals surface area contributed by atoms with Crippen molar-refractivity contribution in [3.05, 3.63) is 64.2 Å². The monoisotopic (exact) mass is 321 g/mol. The number of carbonyl (C=O) groups is 2. The predicted molar refractivity (Wildman–Crippen MR) is 78.4 cm³/mol. The van der Waals surface area contributed by atoms with E-state index in [-0.39, 0.29) is 24.3 Å². The third-order valence-electron chi connectivity index (χ3n) is 3.52. The molecule has 2 aromatic rings. The third kappa shape index (κ3) is 2.48. The highest BCUT2D eigenvalue weighted by atomic mass is 35.5. The highest BCUT2D eigenvalue weighted by molar-refractivity contribution is 6.31. The number of nitrogens with zero attached hydrogens (tertiary/aromatic N) is 1. The van der Waals surface area contributed by atoms with E-state index < -0.39 is 17.5 Å². The van der Waals surface area contributed by atoms with Gasteiger partial charge in [0.15, 0.2) is 17.4 Å². The van der Waals surface area contributed by atoms with Gasteiger partial charge in [-0.15, -0.1) is 0 Å². The van der Waals surface area contributed by atoms with Crippen molar-refractivity contribution < 1.29 is 18.4 Å². The van der Waals surface area contributed by atoms with E-state index in [1.165, 1.54) is 17.0 Å². The molecule has 0 aliphatic carbocycles. The molecule has 0 bridgehead atoms. The fourth-order valence-corrected chi connectivity index (χ4v) is 2.60. The number of hydrogen-bond donors (Lipinski definition) is 0. The van der Waals surface area contributed by atoms with Gasteiger partial charge in [-0.2, -0.15) is 0 Å². The van der Waals surface area contributed by atoms with Crippen LogP contribution in [0.15, 0.2) is 36.4 Å². The summed E-state index contributed by atoms with van der Waals surface area (Å²) < 4.78 is 26.3. The molecular weight excluding hydrogens is 312 g/mol. The first-order valence-corrected chi connectivity index (χ1v) is 6.95. The summed E-state index contributed by atoms with van der Waals surface area (Å²) in [5.41, 5.74) is 0.805. The number of anilines is 1. The molecule has 1 aliphatic heterocycles. The van der Waals surface area contributed by atoms with E-state index in [1.807, 2.05) is 0 Å². The van der Waals surface area contributed by atoms with Crippen molar-refractivity contribution in [2.75, 3.05) is 11.4 Å². The lowest BCUT2D eigenvalue weighted by molar-refractivity contribution is 0.0955. The van der Waals surface area contributed by atoms with Gasteiger partial charge in [-0.3, -0.25) is 9.59 Å². The number of ketones is 1. The highest BCUT2D eigenvalue weighted by Crippen LogP contribution is 2.30. The summed E-state index contributed by atoms with van der Waals surface area (Å²) in [7, 11) is 0. The molecule has 3 rings (SSSR count). The normalized spacial score (nSPS) is 14.0. The van der Waals surface area contributed by atoms with Gasteiger partial charge in [-0.05, 0) is 36.4 Å². The molecule has 3 nitrogen and oxygen atoms in total. The van der Waals surface area contributed by atoms with Crippen LogP contribution in [0.3, 0.4) is 0 Å². The Kier molecular flexibility index (Phi) is 3.66. The van der Waals surface area contributed by atoms with Crippen molar-refractivity contribution in [2.24, 2.45) is 0 Å². The van der Waals surface area contributed by atoms with Crippen LogP contribution in [0.25, 0.3) is 0 Å². The summed E-state index contributed by atoms with van der Waals surface area (Å²) in [6.45, 7) is 0.186. The first-order chi connectivity index (χ1) is 10.5. The smallest absolute Gasteiger partial charge is 0.258 e. The Labute approximate surface area is 130 Å². The molecule has 22 heavy (non-hydrogen) atoms. The average Bonchev–Trinajstić information content (AvgIpc) is 2.50. The molecule has 0 spiro atoms. The second-order valence-corrected chi connectivity index (χ2v) is 5.36. The number of halogens is 3. The Hall–Kier alpha value is -2.27. The number of Topliss-reactive ketones (excluding diaryl/α,β-unsaturated/α-hetero) is 1. The Bertz CT molecular complexity index is 792. The van der Waals surface area contributed by atoms with Gasteiger partial charge in [-0.25, -0.2) is 8.78 Å². The molecule has 0 fully saturated rings. The van der Waals surface area contributed by atoms with Gasteiger partial charge >= 0.3 is 0 Å². The number of hydrogen-bond acceptors (Lipinski definition) is 2. The summed E-state index contributed by atoms with van der Waals surface area (Å²) in [6.07, 6.45) is 0.156. The number of benzene rings is 2. The Morgan fingerprint density at radius 3 is 2.59 bits per heavy atom. The minimum absolute atomic E-state index is 0.0224. The lowest BCUT2D eigenvalue weighted by atomic mass is 9.99. The van der Waals surface area contributed by atoms with Crippen molar-refractivity contribution in [3.8, 4) is 0 Å². The molecule has 0 radical (unpaired) electrons. The summed E-state index contributed by atoms with van der Waals surface area (Å²) in [4.78, 5) is 25.8. The average molecular weight is 322 g/mol. The van der Waals surface area contributed by atoms with Crippen LogP contribution in [-0.2, 0) is 0 Å². The van der Waals surface area contributed by atoms with Gasteiger partial charge in [0.25, 0.3) is 5.91 Å². The SMILES string of the molecule is O=C1CCN(C(=O)c2ccc(F)c(F)c2)c2ccc(Cl)cc21. The van der Waals surface area contributed by atoms with E-state index in [4.69, 9.17) is 11.6 Å². The zero-order chi connectivity index (χ0) is 15.9. The van der Waals surface area contributed by atoms with Crippen LogP contribution in [-0.4, -0.2) is 18.2 Å². The van der Waals surface area contributed by atoms with Crippen molar-refractivity contribution in [2.45, 2.75) is 6.42 Å². The molecule has 6 heteroatoms. The minimum Gasteiger partial charge on any atom is -0.307 e. The molecule has 1 aliphatic rings. The van der Waals surface area contributed by atoms with Crippen molar-refractivity contribution >= 4 is 29.0 Å². The zero-order valence-corrected chi connectivity index (χ0v) is 12.0. The second kappa shape index (κ2) is 5.50. The topological polar surface area (TPSA) is 37.4 Å². The van der Waals surface area contributed by atoms with Crippen molar-refractivity contribution in [3.63, 3.8) is 0 Å². The maximum atomic E-state index is 13.3. The van der Waals surface area contributed by atoms with Crippen LogP contribution in [0.4, 0.5) is 14.5 Å². The van der Waals surface area contributed by atoms with Gasteiger partial charge in [0.2, 0.25) is 0 Å². The molecule has 2 aromatic carbocycles. The molecule has 0 atom stereocenters. The molecule has 1 heterocycles. The van der Waals surface area contributed by atoms with Crippen LogP contribution >= 0.6 is 11.6 Å². The van der Waals surface area contributed by atoms with Gasteiger partial charge < -0.3 is 4.90 Å². The van der Waals surface area contributed by atoms with Crippen molar-refractivity contribution in [1.29, 1.82) is 0 Å². The predicted octanol–water partition coefficient (Wildman–Crippen LogP) is 3.85. The Balaban J connectivity index is 2.02. The van der Waals surface area contributed by atoms with E-state index >= 15 is 0 Å². The maximum Gasteiger partial charge on any atom is 0.258 e. The number of fused-ring (bicyclic) bond motifs is 1. The largest absolute Gasteiger partial charge is 0.307 e. The molecular formula is C16H10ClF2NO2. The van der Waals surface area contributed by atoms with Gasteiger partial charge in [0, 0.05) is 29.1 Å². The first-order valence-electron chi connectivity index (χ1n) is 6.57. The molecule has 0 saturated carbocycles. The maximum absolute atomic E-state index is 13.3. The van der Waals surface area contributed by atoms with Crippen LogP contribution in [0.5, 0.6) is 0 Å². The van der Waals surface area contributed by atoms with Crippen LogP contribution < -0.4 is 4.90 Å². The van der Waals surface area contributed by atoms with Crippen LogP contribution in [0.2, 0.25) is 5.02 Å². The molecule has 0 N–H and O–H groups in total. The standard InChI is InChI=1S/C16H10ClF2NO2/c17-10-2-4-14-11(8-10)15(21)5-6-20(14)16(22)9-1-3-12(18)13(19)7-9/h1-4,7-8H,5-6H2. The van der Waals surface area contributed by atoms with E-state index in [2.05, 4.69) is 0 Å². The fraction of sp³-hybridized carbons (Fsp3) is 0.125. The quantitative estimate of drug-likeness (QED) is 0.800. The molecule has 0 aromatic heterocycles. The minimum atomic E-state index is -1.09. The molecule has 0 unspecified atom stereocenters. The lowest BCUT2D eigenvalue weighted by Crippen LogP contribution is -2.37. The number of carbonyl (C=O) groups excluding carboxylic acids is 2. The number of amides is 1. The molecule has 1 amide bonds. The van der Waals surface area contributed by atoms with Crippen LogP contribution in [0, 0.1) is 11.6 Å². The summed E-state index contributed by atoms with van der Waals surface area (Å²) >= 11 is 5.88. The second-order valence-electron chi connectivity index (χ2n) is 4.92. The zero-order valence-electron chi connectivity index (χ0n) is 11.3. The number of rotatable bonds is 1. The lowest BCUT2D eigenvalue weighted by Gasteiger charge is -2.29. The van der Waals surface area contributed by atoms with E-state index in [0.717, 1.165) is 12.1 Å². The summed E-state index contributed by atoms with van der Waals surface area (Å²) in [5, 5.41) is 0.397. The molecule has 0 saturated heterocycles. The van der Waals surface area contributed by atoms with Crippen LogP contribution in [0.1, 0.15) is 27.1 Å². The summed E-state index contributed by atoms with van der Waals surface area (Å²) in [6, 6.07) is 7.62. The van der Waals surface area contributed by atoms with E-state index in [1.54, 1.807) is 12.1 Å². The van der Waals surface area contributed by atoms with Gasteiger partial charge in [0.1, 0.15) is 0 Å².